The van der Waals surface area contributed by atoms with Crippen molar-refractivity contribution in [2.45, 2.75) is 38.5 Å². The Morgan fingerprint density at radius 3 is 0.786 bits per heavy atom. The van der Waals surface area contributed by atoms with Crippen LogP contribution >= 0.6 is 0 Å². The van der Waals surface area contributed by atoms with E-state index in [0.29, 0.717) is 109 Å². The molecule has 0 radical (unpaired) electrons. The van der Waals surface area contributed by atoms with Crippen molar-refractivity contribution in [2.75, 3.05) is 55.6 Å². The van der Waals surface area contributed by atoms with Crippen LogP contribution < -0.4 is 44.4 Å². The van der Waals surface area contributed by atoms with Crippen LogP contribution in [0.25, 0.3) is 0 Å². The van der Waals surface area contributed by atoms with Gasteiger partial charge in [-0.2, -0.15) is 15.0 Å². The number of esters is 6. The van der Waals surface area contributed by atoms with Gasteiger partial charge in [0.15, 0.2) is 0 Å². The molecule has 432 valence electrons. The Bertz CT molecular complexity index is 2970. The standard InChI is InChI=1S/C63H60N6O15/c1-4-55(70)79-40-10-7-37-76-49-25-13-43(14-26-49)58(73)82-52-31-19-46(20-32-52)64-61-67-62(65-47-21-33-53(34-22-47)83-59(74)44-15-27-50(28-16-44)77-38-8-11-41-80-56(71)5-2)69-63(68-61)66-48-23-35-54(36-24-48)84-60(75)45-17-29-51(30-18-45)78-39-9-12-42-81-57(72)6-3/h4-6,13-36H,1-3,7-12,37-42H2,(H3,64,65,66,67,68,69). The third-order valence-electron chi connectivity index (χ3n) is 11.5. The second-order valence-electron chi connectivity index (χ2n) is 17.8. The highest BCUT2D eigenvalue weighted by Crippen LogP contribution is 2.27. The number of carbonyl (C=O) groups is 6. The Labute approximate surface area is 484 Å². The summed E-state index contributed by atoms with van der Waals surface area (Å²) in [5.74, 6) is -0.220. The van der Waals surface area contributed by atoms with Gasteiger partial charge < -0.3 is 58.6 Å². The molecule has 0 saturated heterocycles. The fraction of sp³-hybridized carbons (Fsp3) is 0.190. The van der Waals surface area contributed by atoms with E-state index in [2.05, 4.69) is 50.6 Å². The van der Waals surface area contributed by atoms with Gasteiger partial charge in [0.05, 0.1) is 56.3 Å². The SMILES string of the molecule is C=CC(=O)OCCCCOc1ccc(C(=O)Oc2ccc(Nc3nc(Nc4ccc(OC(=O)c5ccc(OCCCCOC(=O)C=C)cc5)cc4)nc(Nc4ccc(OC(=O)c5ccc(OCCCCOC(=O)C=C)cc5)cc4)n3)cc2)cc1. The van der Waals surface area contributed by atoms with Gasteiger partial charge in [-0.15, -0.1) is 0 Å². The van der Waals surface area contributed by atoms with Crippen molar-refractivity contribution in [3.05, 3.63) is 200 Å². The Kier molecular flexibility index (Phi) is 23.5. The van der Waals surface area contributed by atoms with Gasteiger partial charge in [0.2, 0.25) is 17.8 Å². The molecule has 0 aliphatic rings. The molecule has 7 aromatic rings. The largest absolute Gasteiger partial charge is 0.494 e. The fourth-order valence-corrected chi connectivity index (χ4v) is 7.19. The Morgan fingerprint density at radius 1 is 0.321 bits per heavy atom. The zero-order chi connectivity index (χ0) is 59.3. The molecule has 0 spiro atoms. The third kappa shape index (κ3) is 20.7. The van der Waals surface area contributed by atoms with E-state index in [1.54, 1.807) is 146 Å². The van der Waals surface area contributed by atoms with E-state index in [-0.39, 0.29) is 54.9 Å². The lowest BCUT2D eigenvalue weighted by atomic mass is 10.2. The lowest BCUT2D eigenvalue weighted by Gasteiger charge is -2.13. The van der Waals surface area contributed by atoms with Crippen LogP contribution in [0, 0.1) is 0 Å². The first-order chi connectivity index (χ1) is 40.9. The highest BCUT2D eigenvalue weighted by molar-refractivity contribution is 5.92. The summed E-state index contributed by atoms with van der Waals surface area (Å²) < 4.78 is 49.0. The van der Waals surface area contributed by atoms with Gasteiger partial charge in [-0.05, 0) is 184 Å². The van der Waals surface area contributed by atoms with Crippen LogP contribution in [0.15, 0.2) is 184 Å². The van der Waals surface area contributed by atoms with Gasteiger partial charge in [-0.25, -0.2) is 28.8 Å². The summed E-state index contributed by atoms with van der Waals surface area (Å²) >= 11 is 0. The molecule has 0 saturated carbocycles. The summed E-state index contributed by atoms with van der Waals surface area (Å²) in [6.45, 7) is 12.1. The molecule has 1 heterocycles. The Hall–Kier alpha value is -10.8. The first kappa shape index (κ1) is 60.8. The third-order valence-corrected chi connectivity index (χ3v) is 11.5. The second-order valence-corrected chi connectivity index (χ2v) is 17.8. The number of rotatable bonds is 33. The molecule has 6 aromatic carbocycles. The maximum atomic E-state index is 13.0. The van der Waals surface area contributed by atoms with E-state index in [0.717, 1.165) is 18.2 Å². The molecule has 0 atom stereocenters. The number of nitrogens with zero attached hydrogens (tertiary/aromatic N) is 3. The summed E-state index contributed by atoms with van der Waals surface area (Å²) in [5, 5.41) is 9.50. The molecule has 21 heteroatoms. The van der Waals surface area contributed by atoms with Crippen LogP contribution in [0.4, 0.5) is 34.9 Å². The van der Waals surface area contributed by atoms with Crippen LogP contribution in [0.1, 0.15) is 69.6 Å². The van der Waals surface area contributed by atoms with Crippen LogP contribution in [0.2, 0.25) is 0 Å². The van der Waals surface area contributed by atoms with Gasteiger partial charge in [0, 0.05) is 35.3 Å². The van der Waals surface area contributed by atoms with Crippen LogP contribution in [-0.4, -0.2) is 90.4 Å². The monoisotopic (exact) mass is 1140 g/mol. The smallest absolute Gasteiger partial charge is 0.343 e. The van der Waals surface area contributed by atoms with Crippen molar-refractivity contribution >= 4 is 70.7 Å². The van der Waals surface area contributed by atoms with Crippen molar-refractivity contribution in [3.63, 3.8) is 0 Å². The predicted molar refractivity (Wildman–Crippen MR) is 311 cm³/mol. The van der Waals surface area contributed by atoms with Gasteiger partial charge in [-0.1, -0.05) is 19.7 Å². The number of benzene rings is 6. The van der Waals surface area contributed by atoms with Gasteiger partial charge in [0.1, 0.15) is 34.5 Å². The molecule has 0 aliphatic carbocycles. The molecule has 84 heavy (non-hydrogen) atoms. The van der Waals surface area contributed by atoms with Gasteiger partial charge >= 0.3 is 35.8 Å². The number of unbranched alkanes of at least 4 members (excludes halogenated alkanes) is 3. The highest BCUT2D eigenvalue weighted by atomic mass is 16.6. The summed E-state index contributed by atoms with van der Waals surface area (Å²) in [4.78, 5) is 86.5. The second kappa shape index (κ2) is 32.4. The van der Waals surface area contributed by atoms with E-state index >= 15 is 0 Å². The van der Waals surface area contributed by atoms with E-state index in [9.17, 15) is 28.8 Å². The molecule has 21 nitrogen and oxygen atoms in total. The molecular weight excluding hydrogens is 1080 g/mol. The highest BCUT2D eigenvalue weighted by Gasteiger charge is 2.15. The zero-order valence-electron chi connectivity index (χ0n) is 45.7. The molecule has 1 aromatic heterocycles. The molecule has 0 fully saturated rings. The predicted octanol–water partition coefficient (Wildman–Crippen LogP) is 11.4. The molecular formula is C63H60N6O15. The summed E-state index contributed by atoms with van der Waals surface area (Å²) in [6.07, 6.45) is 7.20. The average molecular weight is 1140 g/mol. The molecule has 7 rings (SSSR count). The number of hydrogen-bond acceptors (Lipinski definition) is 21. The molecule has 0 aliphatic heterocycles. The lowest BCUT2D eigenvalue weighted by molar-refractivity contribution is -0.138. The number of aromatic nitrogens is 3. The van der Waals surface area contributed by atoms with E-state index in [1.807, 2.05) is 0 Å². The van der Waals surface area contributed by atoms with E-state index < -0.39 is 35.8 Å². The number of anilines is 6. The van der Waals surface area contributed by atoms with Crippen molar-refractivity contribution in [3.8, 4) is 34.5 Å². The van der Waals surface area contributed by atoms with Crippen LogP contribution in [-0.2, 0) is 28.6 Å². The van der Waals surface area contributed by atoms with Gasteiger partial charge in [0.25, 0.3) is 0 Å². The van der Waals surface area contributed by atoms with Crippen LogP contribution in [0.3, 0.4) is 0 Å². The fourth-order valence-electron chi connectivity index (χ4n) is 7.19. The number of ether oxygens (including phenoxy) is 9. The Balaban J connectivity index is 0.961. The van der Waals surface area contributed by atoms with Crippen molar-refractivity contribution in [1.82, 2.24) is 15.0 Å². The van der Waals surface area contributed by atoms with E-state index in [1.165, 1.54) is 0 Å². The van der Waals surface area contributed by atoms with Crippen molar-refractivity contribution in [2.24, 2.45) is 0 Å². The summed E-state index contributed by atoms with van der Waals surface area (Å²) in [5.41, 5.74) is 2.56. The van der Waals surface area contributed by atoms with Crippen molar-refractivity contribution in [1.29, 1.82) is 0 Å². The zero-order valence-corrected chi connectivity index (χ0v) is 45.7. The topological polar surface area (TPSA) is 260 Å². The van der Waals surface area contributed by atoms with Crippen molar-refractivity contribution < 1.29 is 71.4 Å². The molecule has 3 N–H and O–H groups in total. The summed E-state index contributed by atoms with van der Waals surface area (Å²) in [7, 11) is 0. The number of nitrogens with one attached hydrogen (secondary N) is 3. The average Bonchev–Trinajstić information content (AvgIpc) is 3.54. The minimum Gasteiger partial charge on any atom is -0.494 e. The minimum atomic E-state index is -0.576. The number of hydrogen-bond donors (Lipinski definition) is 3. The normalized spacial score (nSPS) is 10.4. The quantitative estimate of drug-likeness (QED) is 0.0113. The van der Waals surface area contributed by atoms with E-state index in [4.69, 9.17) is 42.6 Å². The lowest BCUT2D eigenvalue weighted by Crippen LogP contribution is -2.09. The Morgan fingerprint density at radius 2 is 0.548 bits per heavy atom. The molecule has 0 bridgehead atoms. The summed E-state index contributed by atoms with van der Waals surface area (Å²) in [6, 6.07) is 39.3. The number of carbonyl (C=O) groups excluding carboxylic acids is 6. The first-order valence-corrected chi connectivity index (χ1v) is 26.5. The first-order valence-electron chi connectivity index (χ1n) is 26.5. The molecule has 0 unspecified atom stereocenters. The van der Waals surface area contributed by atoms with Gasteiger partial charge in [-0.3, -0.25) is 0 Å². The maximum Gasteiger partial charge on any atom is 0.343 e. The maximum absolute atomic E-state index is 13.0. The van der Waals surface area contributed by atoms with Crippen LogP contribution in [0.5, 0.6) is 34.5 Å². The molecule has 0 amide bonds. The minimum absolute atomic E-state index is 0.125.